The Bertz CT molecular complexity index is 439. The summed E-state index contributed by atoms with van der Waals surface area (Å²) >= 11 is 6.57. The molecular weight excluding hydrogens is 254 g/mol. The second-order valence-corrected chi connectivity index (χ2v) is 6.82. The zero-order chi connectivity index (χ0) is 13.3. The Labute approximate surface area is 121 Å². The van der Waals surface area contributed by atoms with Gasteiger partial charge in [-0.3, -0.25) is 0 Å². The SMILES string of the molecule is NCC1(c2ccc(C3CCCCC3)c(Cl)c2)CCC1. The number of hydrogen-bond donors (Lipinski definition) is 1. The average Bonchev–Trinajstić information content (AvgIpc) is 2.39. The van der Waals surface area contributed by atoms with E-state index in [0.717, 1.165) is 11.6 Å². The topological polar surface area (TPSA) is 26.0 Å². The van der Waals surface area contributed by atoms with Crippen LogP contribution in [0.25, 0.3) is 0 Å². The molecule has 0 heterocycles. The Balaban J connectivity index is 1.85. The normalized spacial score (nSPS) is 23.1. The van der Waals surface area contributed by atoms with Crippen molar-refractivity contribution in [1.82, 2.24) is 0 Å². The second kappa shape index (κ2) is 5.46. The third kappa shape index (κ3) is 2.43. The standard InChI is InChI=1S/C17H24ClN/c18-16-11-14(17(12-19)9-4-10-17)7-8-15(16)13-5-2-1-3-6-13/h7-8,11,13H,1-6,9-10,12,19H2. The van der Waals surface area contributed by atoms with E-state index < -0.39 is 0 Å². The van der Waals surface area contributed by atoms with Crippen LogP contribution < -0.4 is 5.73 Å². The molecule has 0 saturated heterocycles. The van der Waals surface area contributed by atoms with Crippen molar-refractivity contribution in [3.8, 4) is 0 Å². The van der Waals surface area contributed by atoms with Gasteiger partial charge in [0.1, 0.15) is 0 Å². The van der Waals surface area contributed by atoms with E-state index in [2.05, 4.69) is 18.2 Å². The van der Waals surface area contributed by atoms with E-state index in [-0.39, 0.29) is 5.41 Å². The van der Waals surface area contributed by atoms with E-state index in [1.165, 1.54) is 62.5 Å². The number of benzene rings is 1. The number of hydrogen-bond acceptors (Lipinski definition) is 1. The van der Waals surface area contributed by atoms with Crippen LogP contribution >= 0.6 is 11.6 Å². The lowest BCUT2D eigenvalue weighted by Gasteiger charge is -2.42. The van der Waals surface area contributed by atoms with Crippen molar-refractivity contribution in [2.75, 3.05) is 6.54 Å². The van der Waals surface area contributed by atoms with E-state index in [4.69, 9.17) is 17.3 Å². The Hall–Kier alpha value is -0.530. The summed E-state index contributed by atoms with van der Waals surface area (Å²) in [5.41, 5.74) is 8.96. The van der Waals surface area contributed by atoms with Crippen molar-refractivity contribution < 1.29 is 0 Å². The third-order valence-corrected chi connectivity index (χ3v) is 5.69. The lowest BCUT2D eigenvalue weighted by Crippen LogP contribution is -2.41. The van der Waals surface area contributed by atoms with Crippen LogP contribution in [0, 0.1) is 0 Å². The zero-order valence-corrected chi connectivity index (χ0v) is 12.4. The molecule has 0 spiro atoms. The Morgan fingerprint density at radius 1 is 1.11 bits per heavy atom. The van der Waals surface area contributed by atoms with Gasteiger partial charge >= 0.3 is 0 Å². The van der Waals surface area contributed by atoms with Gasteiger partial charge in [-0.05, 0) is 48.8 Å². The molecule has 0 amide bonds. The molecule has 0 bridgehead atoms. The second-order valence-electron chi connectivity index (χ2n) is 6.41. The first kappa shape index (κ1) is 13.5. The molecule has 0 aliphatic heterocycles. The fourth-order valence-corrected chi connectivity index (χ4v) is 4.15. The van der Waals surface area contributed by atoms with Gasteiger partial charge in [-0.1, -0.05) is 49.4 Å². The molecule has 2 aliphatic carbocycles. The summed E-state index contributed by atoms with van der Waals surface area (Å²) in [7, 11) is 0. The van der Waals surface area contributed by atoms with Crippen molar-refractivity contribution in [2.45, 2.75) is 62.7 Å². The summed E-state index contributed by atoms with van der Waals surface area (Å²) in [4.78, 5) is 0. The van der Waals surface area contributed by atoms with Crippen LogP contribution in [-0.2, 0) is 5.41 Å². The maximum absolute atomic E-state index is 6.57. The molecule has 104 valence electrons. The summed E-state index contributed by atoms with van der Waals surface area (Å²) < 4.78 is 0. The summed E-state index contributed by atoms with van der Waals surface area (Å²) in [6, 6.07) is 6.78. The van der Waals surface area contributed by atoms with Gasteiger partial charge < -0.3 is 5.73 Å². The van der Waals surface area contributed by atoms with Gasteiger partial charge in [0.2, 0.25) is 0 Å². The molecule has 0 radical (unpaired) electrons. The smallest absolute Gasteiger partial charge is 0.0443 e. The molecule has 1 aromatic carbocycles. The van der Waals surface area contributed by atoms with Gasteiger partial charge in [-0.25, -0.2) is 0 Å². The molecular formula is C17H24ClN. The summed E-state index contributed by atoms with van der Waals surface area (Å²) in [6.07, 6.45) is 10.5. The van der Waals surface area contributed by atoms with Gasteiger partial charge in [-0.2, -0.15) is 0 Å². The minimum absolute atomic E-state index is 0.231. The van der Waals surface area contributed by atoms with Crippen LogP contribution in [0.15, 0.2) is 18.2 Å². The third-order valence-electron chi connectivity index (χ3n) is 5.36. The predicted octanol–water partition coefficient (Wildman–Crippen LogP) is 4.77. The van der Waals surface area contributed by atoms with E-state index >= 15 is 0 Å². The number of nitrogens with two attached hydrogens (primary N) is 1. The van der Waals surface area contributed by atoms with Crippen LogP contribution in [0.3, 0.4) is 0 Å². The molecule has 1 aromatic rings. The van der Waals surface area contributed by atoms with E-state index in [0.29, 0.717) is 5.92 Å². The van der Waals surface area contributed by atoms with Crippen molar-refractivity contribution in [2.24, 2.45) is 5.73 Å². The molecule has 2 N–H and O–H groups in total. The molecule has 0 atom stereocenters. The maximum atomic E-state index is 6.57. The summed E-state index contributed by atoms with van der Waals surface area (Å²) in [6.45, 7) is 0.756. The van der Waals surface area contributed by atoms with Crippen molar-refractivity contribution in [3.05, 3.63) is 34.3 Å². The Morgan fingerprint density at radius 3 is 2.37 bits per heavy atom. The van der Waals surface area contributed by atoms with Crippen LogP contribution in [0.4, 0.5) is 0 Å². The molecule has 2 heteroatoms. The van der Waals surface area contributed by atoms with Crippen LogP contribution in [0.1, 0.15) is 68.4 Å². The fraction of sp³-hybridized carbons (Fsp3) is 0.647. The fourth-order valence-electron chi connectivity index (χ4n) is 3.82. The van der Waals surface area contributed by atoms with Crippen LogP contribution in [0.5, 0.6) is 0 Å². The quantitative estimate of drug-likeness (QED) is 0.846. The molecule has 0 unspecified atom stereocenters. The van der Waals surface area contributed by atoms with Crippen molar-refractivity contribution >= 4 is 11.6 Å². The average molecular weight is 278 g/mol. The predicted molar refractivity (Wildman–Crippen MR) is 81.9 cm³/mol. The number of halogens is 1. The molecule has 2 aliphatic rings. The van der Waals surface area contributed by atoms with E-state index in [9.17, 15) is 0 Å². The largest absolute Gasteiger partial charge is 0.330 e. The highest BCUT2D eigenvalue weighted by Crippen LogP contribution is 2.45. The monoisotopic (exact) mass is 277 g/mol. The van der Waals surface area contributed by atoms with Gasteiger partial charge in [0, 0.05) is 17.0 Å². The summed E-state index contributed by atoms with van der Waals surface area (Å²) in [5.74, 6) is 0.686. The number of rotatable bonds is 3. The van der Waals surface area contributed by atoms with Gasteiger partial charge in [0.05, 0.1) is 0 Å². The van der Waals surface area contributed by atoms with E-state index in [1.54, 1.807) is 0 Å². The highest BCUT2D eigenvalue weighted by atomic mass is 35.5. The zero-order valence-electron chi connectivity index (χ0n) is 11.6. The first-order chi connectivity index (χ1) is 9.25. The lowest BCUT2D eigenvalue weighted by molar-refractivity contribution is 0.253. The highest BCUT2D eigenvalue weighted by Gasteiger charge is 2.37. The van der Waals surface area contributed by atoms with Gasteiger partial charge in [0.15, 0.2) is 0 Å². The van der Waals surface area contributed by atoms with Gasteiger partial charge in [-0.15, -0.1) is 0 Å². The minimum atomic E-state index is 0.231. The summed E-state index contributed by atoms with van der Waals surface area (Å²) in [5, 5.41) is 0.976. The Kier molecular flexibility index (Phi) is 3.86. The molecule has 3 rings (SSSR count). The first-order valence-corrected chi connectivity index (χ1v) is 8.13. The lowest BCUT2D eigenvalue weighted by atomic mass is 9.64. The van der Waals surface area contributed by atoms with E-state index in [1.807, 2.05) is 0 Å². The highest BCUT2D eigenvalue weighted by molar-refractivity contribution is 6.31. The first-order valence-electron chi connectivity index (χ1n) is 7.75. The molecule has 19 heavy (non-hydrogen) atoms. The molecule has 2 saturated carbocycles. The van der Waals surface area contributed by atoms with Crippen LogP contribution in [-0.4, -0.2) is 6.54 Å². The maximum Gasteiger partial charge on any atom is 0.0443 e. The molecule has 0 aromatic heterocycles. The van der Waals surface area contributed by atoms with Gasteiger partial charge in [0.25, 0.3) is 0 Å². The minimum Gasteiger partial charge on any atom is -0.330 e. The Morgan fingerprint density at radius 2 is 1.84 bits per heavy atom. The van der Waals surface area contributed by atoms with Crippen molar-refractivity contribution in [1.29, 1.82) is 0 Å². The van der Waals surface area contributed by atoms with Crippen LogP contribution in [0.2, 0.25) is 5.02 Å². The molecule has 1 nitrogen and oxygen atoms in total. The van der Waals surface area contributed by atoms with Crippen molar-refractivity contribution in [3.63, 3.8) is 0 Å². The molecule has 2 fully saturated rings.